The molecule has 0 aliphatic rings. The van der Waals surface area contributed by atoms with E-state index < -0.39 is 0 Å². The highest BCUT2D eigenvalue weighted by Crippen LogP contribution is 2.23. The molecule has 2 rings (SSSR count). The van der Waals surface area contributed by atoms with E-state index in [9.17, 15) is 15.0 Å². The number of hydrazone groups is 1. The molecule has 0 aromatic heterocycles. The molecule has 23 heavy (non-hydrogen) atoms. The summed E-state index contributed by atoms with van der Waals surface area (Å²) in [7, 11) is 3.85. The van der Waals surface area contributed by atoms with E-state index in [1.165, 1.54) is 18.2 Å². The van der Waals surface area contributed by atoms with Crippen LogP contribution in [0.2, 0.25) is 0 Å². The van der Waals surface area contributed by atoms with Crippen LogP contribution in [-0.4, -0.2) is 35.9 Å². The van der Waals surface area contributed by atoms with E-state index in [0.717, 1.165) is 5.69 Å². The van der Waals surface area contributed by atoms with Gasteiger partial charge in [-0.25, -0.2) is 5.43 Å². The molecule has 0 heterocycles. The summed E-state index contributed by atoms with van der Waals surface area (Å²) in [6, 6.07) is 11.3. The lowest BCUT2D eigenvalue weighted by Crippen LogP contribution is -2.19. The molecule has 0 atom stereocenters. The number of amides is 1. The average Bonchev–Trinajstić information content (AvgIpc) is 2.52. The summed E-state index contributed by atoms with van der Waals surface area (Å²) in [5, 5.41) is 23.0. The molecule has 0 aliphatic heterocycles. The van der Waals surface area contributed by atoms with Crippen molar-refractivity contribution in [3.63, 3.8) is 0 Å². The fraction of sp³-hybridized carbons (Fsp3) is 0.176. The van der Waals surface area contributed by atoms with Gasteiger partial charge in [0.15, 0.2) is 0 Å². The fourth-order valence-electron chi connectivity index (χ4n) is 2.00. The van der Waals surface area contributed by atoms with Gasteiger partial charge in [-0.15, -0.1) is 0 Å². The highest BCUT2D eigenvalue weighted by atomic mass is 16.3. The van der Waals surface area contributed by atoms with Gasteiger partial charge in [0, 0.05) is 37.0 Å². The predicted octanol–water partition coefficient (Wildman–Crippen LogP) is 2.32. The van der Waals surface area contributed by atoms with Crippen molar-refractivity contribution >= 4 is 17.3 Å². The lowest BCUT2D eigenvalue weighted by atomic mass is 10.1. The largest absolute Gasteiger partial charge is 0.508 e. The van der Waals surface area contributed by atoms with Crippen molar-refractivity contribution in [1.82, 2.24) is 5.43 Å². The minimum absolute atomic E-state index is 0.0379. The molecule has 0 saturated carbocycles. The summed E-state index contributed by atoms with van der Waals surface area (Å²) in [6.07, 6.45) is 0. The normalized spacial score (nSPS) is 11.2. The topological polar surface area (TPSA) is 85.2 Å². The first-order valence-corrected chi connectivity index (χ1v) is 7.03. The second-order valence-electron chi connectivity index (χ2n) is 5.28. The molecule has 0 bridgehead atoms. The highest BCUT2D eigenvalue weighted by molar-refractivity contribution is 6.02. The standard InChI is InChI=1S/C17H19N3O3/c1-11(15-9-8-14(21)10-16(15)22)18-19-17(23)12-4-6-13(7-5-12)20(2)3/h4-10,21-22H,1-3H3,(H,19,23)/b18-11-. The number of phenols is 2. The van der Waals surface area contributed by atoms with Gasteiger partial charge in [0.2, 0.25) is 0 Å². The van der Waals surface area contributed by atoms with Crippen LogP contribution in [0.25, 0.3) is 0 Å². The first kappa shape index (κ1) is 16.4. The lowest BCUT2D eigenvalue weighted by molar-refractivity contribution is 0.0955. The number of hydrogen-bond donors (Lipinski definition) is 3. The number of anilines is 1. The third kappa shape index (κ3) is 4.00. The zero-order valence-electron chi connectivity index (χ0n) is 13.2. The quantitative estimate of drug-likeness (QED) is 0.597. The van der Waals surface area contributed by atoms with Gasteiger partial charge < -0.3 is 15.1 Å². The number of rotatable bonds is 4. The second kappa shape index (κ2) is 6.83. The molecule has 6 nitrogen and oxygen atoms in total. The predicted molar refractivity (Wildman–Crippen MR) is 90.2 cm³/mol. The van der Waals surface area contributed by atoms with Crippen molar-refractivity contribution in [2.75, 3.05) is 19.0 Å². The molecule has 3 N–H and O–H groups in total. The summed E-state index contributed by atoms with van der Waals surface area (Å²) in [6.45, 7) is 1.65. The van der Waals surface area contributed by atoms with Crippen LogP contribution in [0.15, 0.2) is 47.6 Å². The van der Waals surface area contributed by atoms with Gasteiger partial charge in [-0.3, -0.25) is 4.79 Å². The SMILES string of the molecule is C/C(=N/NC(=O)c1ccc(N(C)C)cc1)c1ccc(O)cc1O. The monoisotopic (exact) mass is 313 g/mol. The van der Waals surface area contributed by atoms with Crippen molar-refractivity contribution in [2.24, 2.45) is 5.10 Å². The third-order valence-corrected chi connectivity index (χ3v) is 3.34. The van der Waals surface area contributed by atoms with Gasteiger partial charge in [-0.2, -0.15) is 5.10 Å². The van der Waals surface area contributed by atoms with Crippen LogP contribution in [0.3, 0.4) is 0 Å². The van der Waals surface area contributed by atoms with Crippen LogP contribution in [0, 0.1) is 0 Å². The van der Waals surface area contributed by atoms with Gasteiger partial charge in [0.25, 0.3) is 5.91 Å². The molecule has 0 spiro atoms. The molecule has 0 unspecified atom stereocenters. The van der Waals surface area contributed by atoms with Gasteiger partial charge in [0.05, 0.1) is 5.71 Å². The lowest BCUT2D eigenvalue weighted by Gasteiger charge is -2.12. The van der Waals surface area contributed by atoms with Gasteiger partial charge in [0.1, 0.15) is 11.5 Å². The Balaban J connectivity index is 2.10. The highest BCUT2D eigenvalue weighted by Gasteiger charge is 2.08. The number of carbonyl (C=O) groups excluding carboxylic acids is 1. The minimum atomic E-state index is -0.340. The zero-order valence-corrected chi connectivity index (χ0v) is 13.2. The summed E-state index contributed by atoms with van der Waals surface area (Å²) in [4.78, 5) is 14.0. The Morgan fingerprint density at radius 2 is 1.74 bits per heavy atom. The van der Waals surface area contributed by atoms with E-state index in [2.05, 4.69) is 10.5 Å². The smallest absolute Gasteiger partial charge is 0.271 e. The number of nitrogens with one attached hydrogen (secondary N) is 1. The molecule has 120 valence electrons. The summed E-state index contributed by atoms with van der Waals surface area (Å²) >= 11 is 0. The van der Waals surface area contributed by atoms with Crippen molar-refractivity contribution < 1.29 is 15.0 Å². The maximum absolute atomic E-state index is 12.1. The Kier molecular flexibility index (Phi) is 4.85. The summed E-state index contributed by atoms with van der Waals surface area (Å²) in [5.74, 6) is -0.479. The Morgan fingerprint density at radius 1 is 1.09 bits per heavy atom. The van der Waals surface area contributed by atoms with Crippen LogP contribution < -0.4 is 10.3 Å². The van der Waals surface area contributed by atoms with Crippen LogP contribution in [0.4, 0.5) is 5.69 Å². The van der Waals surface area contributed by atoms with Crippen molar-refractivity contribution in [3.05, 3.63) is 53.6 Å². The van der Waals surface area contributed by atoms with Crippen LogP contribution in [-0.2, 0) is 0 Å². The van der Waals surface area contributed by atoms with Gasteiger partial charge in [-0.1, -0.05) is 0 Å². The van der Waals surface area contributed by atoms with Crippen LogP contribution in [0.5, 0.6) is 11.5 Å². The van der Waals surface area contributed by atoms with Crippen molar-refractivity contribution in [1.29, 1.82) is 0 Å². The van der Waals surface area contributed by atoms with Crippen LogP contribution in [0.1, 0.15) is 22.8 Å². The molecule has 0 aliphatic carbocycles. The Hall–Kier alpha value is -3.02. The van der Waals surface area contributed by atoms with Crippen molar-refractivity contribution in [3.8, 4) is 11.5 Å². The average molecular weight is 313 g/mol. The molecule has 0 radical (unpaired) electrons. The van der Waals surface area contributed by atoms with E-state index in [0.29, 0.717) is 16.8 Å². The van der Waals surface area contributed by atoms with Gasteiger partial charge >= 0.3 is 0 Å². The van der Waals surface area contributed by atoms with Gasteiger partial charge in [-0.05, 0) is 43.3 Å². The first-order valence-electron chi connectivity index (χ1n) is 7.03. The number of benzene rings is 2. The Bertz CT molecular complexity index is 737. The molecule has 6 heteroatoms. The number of nitrogens with zero attached hydrogens (tertiary/aromatic N) is 2. The van der Waals surface area contributed by atoms with E-state index in [4.69, 9.17) is 0 Å². The Morgan fingerprint density at radius 3 is 2.30 bits per heavy atom. The summed E-state index contributed by atoms with van der Waals surface area (Å²) < 4.78 is 0. The fourth-order valence-corrected chi connectivity index (χ4v) is 2.00. The molecule has 2 aromatic rings. The molecular weight excluding hydrogens is 294 g/mol. The molecule has 2 aromatic carbocycles. The van der Waals surface area contributed by atoms with E-state index in [-0.39, 0.29) is 17.4 Å². The van der Waals surface area contributed by atoms with E-state index >= 15 is 0 Å². The van der Waals surface area contributed by atoms with Crippen LogP contribution >= 0.6 is 0 Å². The maximum Gasteiger partial charge on any atom is 0.271 e. The first-order chi connectivity index (χ1) is 10.9. The second-order valence-corrected chi connectivity index (χ2v) is 5.28. The van der Waals surface area contributed by atoms with E-state index in [1.54, 1.807) is 19.1 Å². The molecule has 0 fully saturated rings. The molecule has 1 amide bonds. The number of carbonyl (C=O) groups is 1. The number of phenolic OH excluding ortho intramolecular Hbond substituents is 2. The molecule has 0 saturated heterocycles. The number of aromatic hydroxyl groups is 2. The summed E-state index contributed by atoms with van der Waals surface area (Å²) in [5.41, 5.74) is 4.80. The number of hydrogen-bond acceptors (Lipinski definition) is 5. The Labute approximate surface area is 134 Å². The van der Waals surface area contributed by atoms with Crippen molar-refractivity contribution in [2.45, 2.75) is 6.92 Å². The molecular formula is C17H19N3O3. The maximum atomic E-state index is 12.1. The zero-order chi connectivity index (χ0) is 17.0. The third-order valence-electron chi connectivity index (χ3n) is 3.34. The minimum Gasteiger partial charge on any atom is -0.508 e. The van der Waals surface area contributed by atoms with E-state index in [1.807, 2.05) is 31.1 Å².